The van der Waals surface area contributed by atoms with E-state index in [0.29, 0.717) is 17.6 Å². The molecule has 1 heterocycles. The number of amides is 1. The van der Waals surface area contributed by atoms with Gasteiger partial charge in [0.25, 0.3) is 5.91 Å². The summed E-state index contributed by atoms with van der Waals surface area (Å²) in [4.78, 5) is 27.9. The highest BCUT2D eigenvalue weighted by molar-refractivity contribution is 5.97. The average Bonchev–Trinajstić information content (AvgIpc) is 3.30. The van der Waals surface area contributed by atoms with Gasteiger partial charge in [-0.2, -0.15) is 4.98 Å². The summed E-state index contributed by atoms with van der Waals surface area (Å²) < 4.78 is 5.32. The van der Waals surface area contributed by atoms with E-state index in [4.69, 9.17) is 9.63 Å². The Labute approximate surface area is 139 Å². The molecule has 1 atom stereocenters. The summed E-state index contributed by atoms with van der Waals surface area (Å²) in [5.41, 5.74) is 0.347. The molecule has 1 aliphatic rings. The predicted octanol–water partition coefficient (Wildman–Crippen LogP) is 2.77. The quantitative estimate of drug-likeness (QED) is 0.844. The van der Waals surface area contributed by atoms with Crippen molar-refractivity contribution in [2.24, 2.45) is 5.92 Å². The lowest BCUT2D eigenvalue weighted by Gasteiger charge is -2.18. The van der Waals surface area contributed by atoms with Gasteiger partial charge in [0.2, 0.25) is 5.89 Å². The van der Waals surface area contributed by atoms with Crippen molar-refractivity contribution >= 4 is 11.9 Å². The number of carboxylic acids is 1. The van der Waals surface area contributed by atoms with E-state index in [9.17, 15) is 9.59 Å². The SMILES string of the molecule is CC(C)[C@@H](NC(=O)c1cccc(C(=O)O)c1)c1nc(C2CC2)no1. The molecule has 126 valence electrons. The molecule has 1 fully saturated rings. The highest BCUT2D eigenvalue weighted by atomic mass is 16.5. The van der Waals surface area contributed by atoms with Gasteiger partial charge in [0.1, 0.15) is 6.04 Å². The zero-order chi connectivity index (χ0) is 17.3. The number of aromatic carboxylic acids is 1. The van der Waals surface area contributed by atoms with Crippen LogP contribution >= 0.6 is 0 Å². The maximum absolute atomic E-state index is 12.5. The topological polar surface area (TPSA) is 105 Å². The van der Waals surface area contributed by atoms with Gasteiger partial charge >= 0.3 is 5.97 Å². The van der Waals surface area contributed by atoms with Gasteiger partial charge in [0, 0.05) is 11.5 Å². The molecule has 7 nitrogen and oxygen atoms in total. The molecule has 7 heteroatoms. The van der Waals surface area contributed by atoms with Gasteiger partial charge in [-0.25, -0.2) is 4.79 Å². The van der Waals surface area contributed by atoms with Crippen molar-refractivity contribution in [2.75, 3.05) is 0 Å². The van der Waals surface area contributed by atoms with Gasteiger partial charge in [-0.15, -0.1) is 0 Å². The number of carboxylic acid groups (broad SMARTS) is 1. The zero-order valence-electron chi connectivity index (χ0n) is 13.5. The molecule has 2 N–H and O–H groups in total. The molecule has 0 bridgehead atoms. The summed E-state index contributed by atoms with van der Waals surface area (Å²) in [7, 11) is 0. The fourth-order valence-electron chi connectivity index (χ4n) is 2.41. The van der Waals surface area contributed by atoms with Gasteiger partial charge in [-0.05, 0) is 37.0 Å². The van der Waals surface area contributed by atoms with Crippen molar-refractivity contribution in [3.05, 3.63) is 47.1 Å². The number of aromatic nitrogens is 2. The molecule has 1 aromatic carbocycles. The third-order valence-electron chi connectivity index (χ3n) is 3.99. The van der Waals surface area contributed by atoms with Gasteiger partial charge in [0.15, 0.2) is 5.82 Å². The first-order valence-corrected chi connectivity index (χ1v) is 7.93. The van der Waals surface area contributed by atoms with E-state index in [1.165, 1.54) is 12.1 Å². The Hall–Kier alpha value is -2.70. The summed E-state index contributed by atoms with van der Waals surface area (Å²) in [6, 6.07) is 5.48. The van der Waals surface area contributed by atoms with Crippen molar-refractivity contribution in [3.63, 3.8) is 0 Å². The molecule has 0 saturated heterocycles. The number of hydrogen-bond acceptors (Lipinski definition) is 5. The molecular formula is C17H19N3O4. The summed E-state index contributed by atoms with van der Waals surface area (Å²) in [6.07, 6.45) is 2.14. The van der Waals surface area contributed by atoms with Crippen LogP contribution in [-0.2, 0) is 0 Å². The Morgan fingerprint density at radius 2 is 2.00 bits per heavy atom. The molecule has 1 amide bonds. The monoisotopic (exact) mass is 329 g/mol. The Balaban J connectivity index is 1.78. The molecule has 3 rings (SSSR count). The third-order valence-corrected chi connectivity index (χ3v) is 3.99. The second kappa shape index (κ2) is 6.43. The lowest BCUT2D eigenvalue weighted by atomic mass is 10.0. The number of benzene rings is 1. The van der Waals surface area contributed by atoms with Crippen LogP contribution < -0.4 is 5.32 Å². The van der Waals surface area contributed by atoms with Crippen LogP contribution in [-0.4, -0.2) is 27.1 Å². The van der Waals surface area contributed by atoms with Gasteiger partial charge < -0.3 is 14.9 Å². The van der Waals surface area contributed by atoms with Crippen LogP contribution in [0, 0.1) is 5.92 Å². The lowest BCUT2D eigenvalue weighted by Crippen LogP contribution is -2.32. The van der Waals surface area contributed by atoms with E-state index < -0.39 is 12.0 Å². The molecule has 0 spiro atoms. The Morgan fingerprint density at radius 3 is 2.62 bits per heavy atom. The number of nitrogens with zero attached hydrogens (tertiary/aromatic N) is 2. The molecule has 1 aliphatic carbocycles. The Morgan fingerprint density at radius 1 is 1.29 bits per heavy atom. The third kappa shape index (κ3) is 3.45. The van der Waals surface area contributed by atoms with Crippen LogP contribution in [0.15, 0.2) is 28.8 Å². The number of carbonyl (C=O) groups excluding carboxylic acids is 1. The largest absolute Gasteiger partial charge is 0.478 e. The van der Waals surface area contributed by atoms with Crippen LogP contribution in [0.1, 0.15) is 71.1 Å². The number of carbonyl (C=O) groups is 2. The maximum atomic E-state index is 12.5. The van der Waals surface area contributed by atoms with Crippen LogP contribution in [0.2, 0.25) is 0 Å². The van der Waals surface area contributed by atoms with Crippen molar-refractivity contribution in [1.29, 1.82) is 0 Å². The molecule has 0 aliphatic heterocycles. The molecule has 0 radical (unpaired) electrons. The van der Waals surface area contributed by atoms with E-state index in [1.54, 1.807) is 12.1 Å². The smallest absolute Gasteiger partial charge is 0.335 e. The Bertz CT molecular complexity index is 765. The first kappa shape index (κ1) is 16.2. The first-order chi connectivity index (χ1) is 11.5. The maximum Gasteiger partial charge on any atom is 0.335 e. The Kier molecular flexibility index (Phi) is 4.33. The molecular weight excluding hydrogens is 310 g/mol. The highest BCUT2D eigenvalue weighted by Crippen LogP contribution is 2.38. The molecule has 24 heavy (non-hydrogen) atoms. The highest BCUT2D eigenvalue weighted by Gasteiger charge is 2.31. The first-order valence-electron chi connectivity index (χ1n) is 7.93. The van der Waals surface area contributed by atoms with Crippen LogP contribution in [0.3, 0.4) is 0 Å². The number of nitrogens with one attached hydrogen (secondary N) is 1. The van der Waals surface area contributed by atoms with E-state index in [-0.39, 0.29) is 23.0 Å². The summed E-state index contributed by atoms with van der Waals surface area (Å²) in [6.45, 7) is 3.89. The van der Waals surface area contributed by atoms with Gasteiger partial charge in [-0.1, -0.05) is 25.1 Å². The molecule has 2 aromatic rings. The second-order valence-corrected chi connectivity index (χ2v) is 6.35. The van der Waals surface area contributed by atoms with E-state index in [0.717, 1.165) is 12.8 Å². The van der Waals surface area contributed by atoms with Crippen molar-refractivity contribution in [1.82, 2.24) is 15.5 Å². The number of rotatable bonds is 6. The fraction of sp³-hybridized carbons (Fsp3) is 0.412. The predicted molar refractivity (Wildman–Crippen MR) is 84.7 cm³/mol. The zero-order valence-corrected chi connectivity index (χ0v) is 13.5. The minimum atomic E-state index is -1.07. The molecule has 1 saturated carbocycles. The minimum Gasteiger partial charge on any atom is -0.478 e. The standard InChI is InChI=1S/C17H19N3O4/c1-9(2)13(16-19-14(20-24-16)10-6-7-10)18-15(21)11-4-3-5-12(8-11)17(22)23/h3-5,8-10,13H,6-7H2,1-2H3,(H,18,21)(H,22,23)/t13-/m1/s1. The van der Waals surface area contributed by atoms with Crippen molar-refractivity contribution in [2.45, 2.75) is 38.6 Å². The van der Waals surface area contributed by atoms with Crippen LogP contribution in [0.5, 0.6) is 0 Å². The van der Waals surface area contributed by atoms with Crippen molar-refractivity contribution in [3.8, 4) is 0 Å². The molecule has 0 unspecified atom stereocenters. The summed E-state index contributed by atoms with van der Waals surface area (Å²) >= 11 is 0. The second-order valence-electron chi connectivity index (χ2n) is 6.35. The van der Waals surface area contributed by atoms with Gasteiger partial charge in [0.05, 0.1) is 5.56 Å². The number of hydrogen-bond donors (Lipinski definition) is 2. The van der Waals surface area contributed by atoms with Gasteiger partial charge in [-0.3, -0.25) is 4.79 Å². The van der Waals surface area contributed by atoms with Crippen LogP contribution in [0.4, 0.5) is 0 Å². The fourth-order valence-corrected chi connectivity index (χ4v) is 2.41. The molecule has 1 aromatic heterocycles. The summed E-state index contributed by atoms with van der Waals surface area (Å²) in [5, 5.41) is 15.9. The van der Waals surface area contributed by atoms with E-state index >= 15 is 0 Å². The minimum absolute atomic E-state index is 0.0455. The normalized spacial score (nSPS) is 15.3. The van der Waals surface area contributed by atoms with E-state index in [1.807, 2.05) is 13.8 Å². The van der Waals surface area contributed by atoms with Crippen LogP contribution in [0.25, 0.3) is 0 Å². The summed E-state index contributed by atoms with van der Waals surface area (Å²) in [5.74, 6) is 0.0498. The van der Waals surface area contributed by atoms with E-state index in [2.05, 4.69) is 15.5 Å². The lowest BCUT2D eigenvalue weighted by molar-refractivity contribution is 0.0697. The van der Waals surface area contributed by atoms with Crippen molar-refractivity contribution < 1.29 is 19.2 Å². The average molecular weight is 329 g/mol.